The van der Waals surface area contributed by atoms with Crippen molar-refractivity contribution in [2.45, 2.75) is 367 Å². The van der Waals surface area contributed by atoms with Crippen LogP contribution in [0, 0.1) is 0 Å². The molecule has 0 rings (SSSR count). The van der Waals surface area contributed by atoms with Gasteiger partial charge in [0.05, 0.1) is 34.4 Å². The highest BCUT2D eigenvalue weighted by molar-refractivity contribution is 5.71. The van der Waals surface area contributed by atoms with E-state index in [2.05, 4.69) is 13.8 Å². The molecule has 0 amide bonds. The molecule has 2 atom stereocenters. The largest absolute Gasteiger partial charge is 0.477 e. The smallest absolute Gasteiger partial charge is 0.361 e. The zero-order valence-corrected chi connectivity index (χ0v) is 51.7. The van der Waals surface area contributed by atoms with Crippen LogP contribution in [0.3, 0.4) is 0 Å². The second kappa shape index (κ2) is 59.4. The number of hydrogen-bond donors (Lipinski definition) is 1. The van der Waals surface area contributed by atoms with Gasteiger partial charge >= 0.3 is 17.9 Å². The molecule has 0 radical (unpaired) electrons. The monoisotopic (exact) mass is 1080 g/mol. The molecular formula is C67H132NO8+. The Morgan fingerprint density at radius 3 is 0.842 bits per heavy atom. The molecule has 0 aliphatic carbocycles. The van der Waals surface area contributed by atoms with Gasteiger partial charge in [-0.2, -0.15) is 0 Å². The molecule has 9 heteroatoms. The first kappa shape index (κ1) is 74.3. The van der Waals surface area contributed by atoms with Gasteiger partial charge in [-0.1, -0.05) is 328 Å². The molecule has 0 bridgehead atoms. The van der Waals surface area contributed by atoms with Crippen molar-refractivity contribution in [2.75, 3.05) is 47.5 Å². The van der Waals surface area contributed by atoms with Crippen LogP contribution in [0.15, 0.2) is 0 Å². The summed E-state index contributed by atoms with van der Waals surface area (Å²) in [4.78, 5) is 37.6. The fraction of sp³-hybridized carbons (Fsp3) is 0.955. The fourth-order valence-electron chi connectivity index (χ4n) is 10.4. The number of likely N-dealkylation sites (N-methyl/N-ethyl adjacent to an activating group) is 1. The van der Waals surface area contributed by atoms with E-state index in [-0.39, 0.29) is 38.2 Å². The van der Waals surface area contributed by atoms with Crippen LogP contribution in [0.1, 0.15) is 354 Å². The Morgan fingerprint density at radius 2 is 0.592 bits per heavy atom. The van der Waals surface area contributed by atoms with E-state index in [0.717, 1.165) is 38.5 Å². The summed E-state index contributed by atoms with van der Waals surface area (Å²) in [5.41, 5.74) is 0. The highest BCUT2D eigenvalue weighted by Gasteiger charge is 2.25. The molecule has 0 heterocycles. The van der Waals surface area contributed by atoms with E-state index in [4.69, 9.17) is 18.9 Å². The average Bonchev–Trinajstić information content (AvgIpc) is 3.39. The van der Waals surface area contributed by atoms with Crippen molar-refractivity contribution in [1.29, 1.82) is 0 Å². The van der Waals surface area contributed by atoms with E-state index in [1.54, 1.807) is 0 Å². The summed E-state index contributed by atoms with van der Waals surface area (Å²) in [7, 11) is 5.99. The first-order valence-electron chi connectivity index (χ1n) is 33.7. The highest BCUT2D eigenvalue weighted by atomic mass is 16.7. The number of carboxylic acid groups (broad SMARTS) is 1. The number of aliphatic carboxylic acids is 1. The Labute approximate surface area is 473 Å². The van der Waals surface area contributed by atoms with Crippen molar-refractivity contribution in [2.24, 2.45) is 0 Å². The zero-order chi connectivity index (χ0) is 55.5. The van der Waals surface area contributed by atoms with E-state index in [0.29, 0.717) is 17.4 Å². The molecule has 452 valence electrons. The summed E-state index contributed by atoms with van der Waals surface area (Å²) in [6, 6.07) is 0. The Kier molecular flexibility index (Phi) is 58.1. The van der Waals surface area contributed by atoms with Crippen LogP contribution in [0.25, 0.3) is 0 Å². The maximum Gasteiger partial charge on any atom is 0.361 e. The normalized spacial score (nSPS) is 12.6. The summed E-state index contributed by atoms with van der Waals surface area (Å²) in [6.07, 6.45) is 66.4. The third-order valence-corrected chi connectivity index (χ3v) is 15.6. The van der Waals surface area contributed by atoms with Gasteiger partial charge in [0, 0.05) is 12.8 Å². The second-order valence-electron chi connectivity index (χ2n) is 24.5. The molecule has 0 aromatic carbocycles. The Hall–Kier alpha value is -1.71. The molecule has 0 aromatic heterocycles. The molecule has 0 saturated heterocycles. The van der Waals surface area contributed by atoms with Crippen LogP contribution in [0.5, 0.6) is 0 Å². The predicted octanol–water partition coefficient (Wildman–Crippen LogP) is 20.3. The number of unbranched alkanes of at least 4 members (excludes halogenated alkanes) is 49. The number of carboxylic acids is 1. The van der Waals surface area contributed by atoms with E-state index in [1.165, 1.54) is 289 Å². The second-order valence-corrected chi connectivity index (χ2v) is 24.5. The van der Waals surface area contributed by atoms with Crippen LogP contribution in [0.2, 0.25) is 0 Å². The van der Waals surface area contributed by atoms with Gasteiger partial charge in [-0.05, 0) is 12.8 Å². The maximum atomic E-state index is 12.9. The number of nitrogens with zero attached hydrogens (tertiary/aromatic N) is 1. The highest BCUT2D eigenvalue weighted by Crippen LogP contribution is 2.19. The lowest BCUT2D eigenvalue weighted by atomic mass is 10.0. The number of ether oxygens (including phenoxy) is 4. The number of esters is 2. The van der Waals surface area contributed by atoms with Gasteiger partial charge in [-0.25, -0.2) is 4.79 Å². The minimum Gasteiger partial charge on any atom is -0.477 e. The first-order chi connectivity index (χ1) is 37.1. The number of carbonyl (C=O) groups is 3. The van der Waals surface area contributed by atoms with Gasteiger partial charge in [-0.15, -0.1) is 0 Å². The summed E-state index contributed by atoms with van der Waals surface area (Å²) in [6.45, 7) is 4.97. The fourth-order valence-corrected chi connectivity index (χ4v) is 10.4. The predicted molar refractivity (Wildman–Crippen MR) is 323 cm³/mol. The summed E-state index contributed by atoms with van der Waals surface area (Å²) in [5.74, 6) is -1.97. The standard InChI is InChI=1S/C67H131NO8/c1-6-8-10-12-14-16-18-20-22-24-26-28-30-32-33-34-36-38-40-42-44-46-48-50-52-54-56-58-65(70)76-63(62-75-67(66(71)72)73-60-59-68(3,4)5)61-74-64(69)57-55-53-51-49-47-45-43-41-39-37-35-31-29-27-25-23-21-19-17-15-13-11-9-7-2/h63,67H,6-62H2,1-5H3/p+1. The third-order valence-electron chi connectivity index (χ3n) is 15.6. The van der Waals surface area contributed by atoms with Gasteiger partial charge in [0.1, 0.15) is 13.2 Å². The number of hydrogen-bond acceptors (Lipinski definition) is 7. The third kappa shape index (κ3) is 59.9. The zero-order valence-electron chi connectivity index (χ0n) is 51.7. The average molecular weight is 1080 g/mol. The molecule has 9 nitrogen and oxygen atoms in total. The van der Waals surface area contributed by atoms with Crippen molar-refractivity contribution >= 4 is 17.9 Å². The molecule has 0 fully saturated rings. The summed E-state index contributed by atoms with van der Waals surface area (Å²) < 4.78 is 23.0. The van der Waals surface area contributed by atoms with Gasteiger partial charge in [0.15, 0.2) is 6.10 Å². The van der Waals surface area contributed by atoms with Crippen molar-refractivity contribution in [1.82, 2.24) is 0 Å². The Bertz CT molecular complexity index is 1210. The van der Waals surface area contributed by atoms with E-state index in [1.807, 2.05) is 21.1 Å². The van der Waals surface area contributed by atoms with Crippen molar-refractivity contribution in [3.8, 4) is 0 Å². The van der Waals surface area contributed by atoms with Gasteiger partial charge in [-0.3, -0.25) is 9.59 Å². The molecule has 0 aliphatic heterocycles. The lowest BCUT2D eigenvalue weighted by molar-refractivity contribution is -0.870. The summed E-state index contributed by atoms with van der Waals surface area (Å²) >= 11 is 0. The van der Waals surface area contributed by atoms with Crippen LogP contribution in [0.4, 0.5) is 0 Å². The lowest BCUT2D eigenvalue weighted by Gasteiger charge is -2.25. The molecular weight excluding hydrogens is 947 g/mol. The number of rotatable bonds is 64. The molecule has 2 unspecified atom stereocenters. The quantitative estimate of drug-likeness (QED) is 0.0278. The van der Waals surface area contributed by atoms with Gasteiger partial charge < -0.3 is 28.5 Å². The van der Waals surface area contributed by atoms with Gasteiger partial charge in [0.25, 0.3) is 6.29 Å². The van der Waals surface area contributed by atoms with Crippen molar-refractivity contribution < 1.29 is 42.9 Å². The topological polar surface area (TPSA) is 108 Å². The molecule has 76 heavy (non-hydrogen) atoms. The van der Waals surface area contributed by atoms with E-state index < -0.39 is 18.4 Å². The lowest BCUT2D eigenvalue weighted by Crippen LogP contribution is -2.40. The van der Waals surface area contributed by atoms with Gasteiger partial charge in [0.2, 0.25) is 0 Å². The van der Waals surface area contributed by atoms with E-state index in [9.17, 15) is 19.5 Å². The Balaban J connectivity index is 4.08. The Morgan fingerprint density at radius 1 is 0.342 bits per heavy atom. The molecule has 0 spiro atoms. The van der Waals surface area contributed by atoms with Crippen LogP contribution in [-0.2, 0) is 33.3 Å². The van der Waals surface area contributed by atoms with Crippen LogP contribution in [-0.4, -0.2) is 87.4 Å². The van der Waals surface area contributed by atoms with Crippen LogP contribution >= 0.6 is 0 Å². The van der Waals surface area contributed by atoms with Crippen molar-refractivity contribution in [3.05, 3.63) is 0 Å². The molecule has 0 aromatic rings. The van der Waals surface area contributed by atoms with Crippen molar-refractivity contribution in [3.63, 3.8) is 0 Å². The molecule has 0 saturated carbocycles. The summed E-state index contributed by atoms with van der Waals surface area (Å²) in [5, 5.41) is 9.73. The number of quaternary nitrogens is 1. The number of carbonyl (C=O) groups excluding carboxylic acids is 2. The SMILES string of the molecule is CCCCCCCCCCCCCCCCCCCCCCCCCCCCCC(=O)OC(COC(=O)CCCCCCCCCCCCCCCCCCCCCCCCCC)COC(OCC[N+](C)(C)C)C(=O)O. The first-order valence-corrected chi connectivity index (χ1v) is 33.7. The van der Waals surface area contributed by atoms with E-state index >= 15 is 0 Å². The van der Waals surface area contributed by atoms with Crippen LogP contribution < -0.4 is 0 Å². The molecule has 0 aliphatic rings. The minimum absolute atomic E-state index is 0.172. The minimum atomic E-state index is -1.50. The maximum absolute atomic E-state index is 12.9. The molecule has 1 N–H and O–H groups in total.